The predicted octanol–water partition coefficient (Wildman–Crippen LogP) is 13.1. The first-order valence-corrected chi connectivity index (χ1v) is 17.2. The van der Waals surface area contributed by atoms with Gasteiger partial charge in [-0.2, -0.15) is 0 Å². The van der Waals surface area contributed by atoms with Crippen LogP contribution in [0.4, 0.5) is 0 Å². The van der Waals surface area contributed by atoms with Crippen LogP contribution in [0.3, 0.4) is 0 Å². The maximum atomic E-state index is 3.58. The quantitative estimate of drug-likeness (QED) is 0.194. The number of H-pyrrole nitrogens is 1. The van der Waals surface area contributed by atoms with Crippen molar-refractivity contribution in [2.24, 2.45) is 0 Å². The Morgan fingerprint density at radius 2 is 0.680 bits per heavy atom. The van der Waals surface area contributed by atoms with Crippen molar-refractivity contribution in [3.05, 3.63) is 188 Å². The zero-order valence-electron chi connectivity index (χ0n) is 27.3. The van der Waals surface area contributed by atoms with Crippen LogP contribution in [0.2, 0.25) is 0 Å². The summed E-state index contributed by atoms with van der Waals surface area (Å²) in [6, 6.07) is 68.3. The van der Waals surface area contributed by atoms with Crippen LogP contribution in [-0.4, -0.2) is 9.55 Å². The van der Waals surface area contributed by atoms with Crippen molar-refractivity contribution in [3.8, 4) is 50.2 Å². The molecule has 234 valence electrons. The van der Waals surface area contributed by atoms with Gasteiger partial charge in [0.2, 0.25) is 0 Å². The number of fused-ring (bicyclic) bond motifs is 6. The van der Waals surface area contributed by atoms with Gasteiger partial charge >= 0.3 is 0 Å². The van der Waals surface area contributed by atoms with Gasteiger partial charge in [0.25, 0.3) is 0 Å². The van der Waals surface area contributed by atoms with Crippen LogP contribution in [0.1, 0.15) is 0 Å². The summed E-state index contributed by atoms with van der Waals surface area (Å²) in [4.78, 5) is 3.58. The molecule has 0 atom stereocenters. The summed E-state index contributed by atoms with van der Waals surface area (Å²) in [5.74, 6) is 0. The van der Waals surface area contributed by atoms with Crippen molar-refractivity contribution in [1.82, 2.24) is 9.55 Å². The Hall–Kier alpha value is -6.64. The van der Waals surface area contributed by atoms with Crippen LogP contribution in [0.15, 0.2) is 188 Å². The van der Waals surface area contributed by atoms with Crippen LogP contribution in [0, 0.1) is 0 Å². The van der Waals surface area contributed by atoms with Gasteiger partial charge in [-0.3, -0.25) is 0 Å². The summed E-state index contributed by atoms with van der Waals surface area (Å²) in [6.45, 7) is 0. The molecule has 50 heavy (non-hydrogen) atoms. The van der Waals surface area contributed by atoms with Crippen LogP contribution in [0.5, 0.6) is 0 Å². The fraction of sp³-hybridized carbons (Fsp3) is 0. The first-order chi connectivity index (χ1) is 24.8. The highest BCUT2D eigenvalue weighted by Gasteiger charge is 2.16. The minimum Gasteiger partial charge on any atom is -0.355 e. The van der Waals surface area contributed by atoms with E-state index in [2.05, 4.69) is 198 Å². The van der Waals surface area contributed by atoms with Crippen molar-refractivity contribution in [1.29, 1.82) is 0 Å². The number of benzene rings is 8. The lowest BCUT2D eigenvalue weighted by atomic mass is 9.98. The zero-order chi connectivity index (χ0) is 33.0. The van der Waals surface area contributed by atoms with Crippen LogP contribution >= 0.6 is 0 Å². The van der Waals surface area contributed by atoms with Crippen LogP contribution in [0.25, 0.3) is 93.8 Å². The van der Waals surface area contributed by atoms with E-state index in [1.165, 1.54) is 82.6 Å². The molecule has 0 amide bonds. The first-order valence-electron chi connectivity index (χ1n) is 17.2. The van der Waals surface area contributed by atoms with E-state index in [0.29, 0.717) is 0 Å². The van der Waals surface area contributed by atoms with E-state index in [1.807, 2.05) is 0 Å². The van der Waals surface area contributed by atoms with Gasteiger partial charge in [0.15, 0.2) is 0 Å². The maximum absolute atomic E-state index is 3.58. The van der Waals surface area contributed by atoms with Crippen molar-refractivity contribution >= 4 is 43.6 Å². The second-order valence-corrected chi connectivity index (χ2v) is 13.1. The lowest BCUT2D eigenvalue weighted by Gasteiger charge is -2.10. The van der Waals surface area contributed by atoms with E-state index in [4.69, 9.17) is 0 Å². The van der Waals surface area contributed by atoms with Crippen molar-refractivity contribution < 1.29 is 0 Å². The summed E-state index contributed by atoms with van der Waals surface area (Å²) in [5, 5.41) is 4.99. The molecule has 0 bridgehead atoms. The highest BCUT2D eigenvalue weighted by molar-refractivity contribution is 6.12. The Kier molecular flexibility index (Phi) is 6.53. The Labute approximate surface area is 290 Å². The van der Waals surface area contributed by atoms with E-state index >= 15 is 0 Å². The van der Waals surface area contributed by atoms with E-state index in [9.17, 15) is 0 Å². The average Bonchev–Trinajstić information content (AvgIpc) is 3.73. The minimum absolute atomic E-state index is 1.15. The van der Waals surface area contributed by atoms with Crippen molar-refractivity contribution in [2.45, 2.75) is 0 Å². The van der Waals surface area contributed by atoms with Gasteiger partial charge in [-0.25, -0.2) is 0 Å². The Balaban J connectivity index is 1.14. The Bertz CT molecular complexity index is 2820. The molecule has 8 aromatic carbocycles. The zero-order valence-corrected chi connectivity index (χ0v) is 27.3. The molecule has 10 aromatic rings. The van der Waals surface area contributed by atoms with Crippen molar-refractivity contribution in [3.63, 3.8) is 0 Å². The third-order valence-corrected chi connectivity index (χ3v) is 10.2. The standard InChI is InChI=1S/C48H32N2/c1-3-9-32(10-4-1)34-15-17-36(18-16-34)37-22-27-47-43(30-37)44-31-39(38-21-26-46-42(29-38)41-13-7-8-14-45(41)49-46)23-28-48(44)50(47)40-24-19-35(20-25-40)33-11-5-2-6-12-33/h1-31,49H. The average molecular weight is 637 g/mol. The molecule has 0 saturated heterocycles. The normalized spacial score (nSPS) is 11.6. The molecular weight excluding hydrogens is 605 g/mol. The summed E-state index contributed by atoms with van der Waals surface area (Å²) >= 11 is 0. The van der Waals surface area contributed by atoms with E-state index in [0.717, 1.165) is 11.2 Å². The number of aromatic nitrogens is 2. The highest BCUT2D eigenvalue weighted by Crippen LogP contribution is 2.39. The second-order valence-electron chi connectivity index (χ2n) is 13.1. The van der Waals surface area contributed by atoms with Crippen LogP contribution < -0.4 is 0 Å². The number of hydrogen-bond donors (Lipinski definition) is 1. The summed E-state index contributed by atoms with van der Waals surface area (Å²) < 4.78 is 2.41. The molecular formula is C48H32N2. The van der Waals surface area contributed by atoms with Crippen molar-refractivity contribution in [2.75, 3.05) is 0 Å². The first kappa shape index (κ1) is 28.4. The second kappa shape index (κ2) is 11.5. The topological polar surface area (TPSA) is 20.7 Å². The lowest BCUT2D eigenvalue weighted by Crippen LogP contribution is -1.94. The Morgan fingerprint density at radius 3 is 1.28 bits per heavy atom. The third-order valence-electron chi connectivity index (χ3n) is 10.2. The third kappa shape index (κ3) is 4.73. The number of aromatic amines is 1. The van der Waals surface area contributed by atoms with Gasteiger partial charge in [-0.05, 0) is 99.1 Å². The monoisotopic (exact) mass is 636 g/mol. The minimum atomic E-state index is 1.15. The molecule has 10 rings (SSSR count). The summed E-state index contributed by atoms with van der Waals surface area (Å²) in [7, 11) is 0. The van der Waals surface area contributed by atoms with Gasteiger partial charge in [0.05, 0.1) is 11.0 Å². The molecule has 0 aliphatic heterocycles. The van der Waals surface area contributed by atoms with Gasteiger partial charge in [-0.1, -0.05) is 133 Å². The number of nitrogens with one attached hydrogen (secondary N) is 1. The van der Waals surface area contributed by atoms with Crippen LogP contribution in [-0.2, 0) is 0 Å². The molecule has 0 aliphatic rings. The lowest BCUT2D eigenvalue weighted by molar-refractivity contribution is 1.18. The molecule has 2 heterocycles. The van der Waals surface area contributed by atoms with Gasteiger partial charge in [0, 0.05) is 38.3 Å². The van der Waals surface area contributed by atoms with E-state index < -0.39 is 0 Å². The number of hydrogen-bond acceptors (Lipinski definition) is 0. The van der Waals surface area contributed by atoms with E-state index in [1.54, 1.807) is 0 Å². The molecule has 1 N–H and O–H groups in total. The molecule has 0 saturated carbocycles. The molecule has 0 aliphatic carbocycles. The summed E-state index contributed by atoms with van der Waals surface area (Å²) in [6.07, 6.45) is 0. The molecule has 2 heteroatoms. The fourth-order valence-electron chi connectivity index (χ4n) is 7.61. The summed E-state index contributed by atoms with van der Waals surface area (Å²) in [5.41, 5.74) is 15.6. The number of para-hydroxylation sites is 1. The molecule has 0 radical (unpaired) electrons. The SMILES string of the molecule is c1ccc(-c2ccc(-c3ccc4c(c3)c3cc(-c5ccc6[nH]c7ccccc7c6c5)ccc3n4-c3ccc(-c4ccccc4)cc3)cc2)cc1. The molecule has 0 fully saturated rings. The van der Waals surface area contributed by atoms with Gasteiger partial charge in [0.1, 0.15) is 0 Å². The maximum Gasteiger partial charge on any atom is 0.0541 e. The highest BCUT2D eigenvalue weighted by atomic mass is 15.0. The molecule has 0 spiro atoms. The van der Waals surface area contributed by atoms with Gasteiger partial charge in [-0.15, -0.1) is 0 Å². The Morgan fingerprint density at radius 1 is 0.280 bits per heavy atom. The predicted molar refractivity (Wildman–Crippen MR) is 212 cm³/mol. The largest absolute Gasteiger partial charge is 0.355 e. The number of nitrogens with zero attached hydrogens (tertiary/aromatic N) is 1. The molecule has 0 unspecified atom stereocenters. The molecule has 2 nitrogen and oxygen atoms in total. The van der Waals surface area contributed by atoms with Gasteiger partial charge < -0.3 is 9.55 Å². The fourth-order valence-corrected chi connectivity index (χ4v) is 7.61. The number of rotatable bonds is 5. The smallest absolute Gasteiger partial charge is 0.0541 e. The van der Waals surface area contributed by atoms with E-state index in [-0.39, 0.29) is 0 Å². The molecule has 2 aromatic heterocycles.